The van der Waals surface area contributed by atoms with E-state index >= 15 is 0 Å². The first-order valence-corrected chi connectivity index (χ1v) is 9.25. The van der Waals surface area contributed by atoms with E-state index in [4.69, 9.17) is 14.2 Å². The molecule has 0 saturated carbocycles. The molecule has 29 heavy (non-hydrogen) atoms. The second-order valence-corrected chi connectivity index (χ2v) is 6.26. The number of benzene rings is 2. The van der Waals surface area contributed by atoms with Crippen LogP contribution in [0.3, 0.4) is 0 Å². The summed E-state index contributed by atoms with van der Waals surface area (Å²) in [6.07, 6.45) is -0.965. The highest BCUT2D eigenvalue weighted by atomic mass is 16.6. The second-order valence-electron chi connectivity index (χ2n) is 6.26. The number of esters is 1. The number of hydrogen-bond acceptors (Lipinski definition) is 6. The average Bonchev–Trinajstić information content (AvgIpc) is 2.73. The summed E-state index contributed by atoms with van der Waals surface area (Å²) < 4.78 is 15.9. The Morgan fingerprint density at radius 3 is 2.31 bits per heavy atom. The molecular weight excluding hydrogens is 374 g/mol. The lowest BCUT2D eigenvalue weighted by Gasteiger charge is -2.24. The molecule has 0 aliphatic carbocycles. The number of anilines is 1. The van der Waals surface area contributed by atoms with Gasteiger partial charge >= 0.3 is 5.97 Å². The lowest BCUT2D eigenvalue weighted by Crippen LogP contribution is -2.40. The van der Waals surface area contributed by atoms with Gasteiger partial charge < -0.3 is 19.1 Å². The maximum absolute atomic E-state index is 12.6. The molecule has 0 radical (unpaired) electrons. The Hall–Kier alpha value is -3.35. The van der Waals surface area contributed by atoms with Gasteiger partial charge in [0.15, 0.2) is 30.0 Å². The van der Waals surface area contributed by atoms with Crippen molar-refractivity contribution in [2.24, 2.45) is 0 Å². The number of likely N-dealkylation sites (N-methyl/N-ethyl adjacent to an activating group) is 1. The molecule has 154 valence electrons. The maximum atomic E-state index is 12.6. The molecule has 7 heteroatoms. The number of carbonyl (C=O) groups excluding carboxylic acids is 3. The van der Waals surface area contributed by atoms with Crippen LogP contribution in [0.2, 0.25) is 0 Å². The quantitative estimate of drug-likeness (QED) is 0.475. The Morgan fingerprint density at radius 1 is 1.03 bits per heavy atom. The van der Waals surface area contributed by atoms with Gasteiger partial charge in [0.1, 0.15) is 0 Å². The van der Waals surface area contributed by atoms with E-state index in [1.807, 2.05) is 37.3 Å². The van der Waals surface area contributed by atoms with E-state index in [1.54, 1.807) is 17.0 Å². The van der Waals surface area contributed by atoms with Gasteiger partial charge in [-0.2, -0.15) is 0 Å². The van der Waals surface area contributed by atoms with E-state index in [9.17, 15) is 14.4 Å². The topological polar surface area (TPSA) is 82.1 Å². The third-order valence-corrected chi connectivity index (χ3v) is 4.22. The summed E-state index contributed by atoms with van der Waals surface area (Å²) in [7, 11) is 1.44. The number of amides is 1. The fraction of sp³-hybridized carbons (Fsp3) is 0.318. The first-order valence-electron chi connectivity index (χ1n) is 9.25. The first kappa shape index (κ1) is 21.9. The van der Waals surface area contributed by atoms with Crippen molar-refractivity contribution in [2.45, 2.75) is 26.9 Å². The highest BCUT2D eigenvalue weighted by molar-refractivity contribution is 5.97. The first-order chi connectivity index (χ1) is 13.9. The standard InChI is InChI=1S/C22H25NO6/c1-5-23(18-9-7-6-8-10-18)22(26)16(3)29-21(25)14-28-19-12-11-17(15(2)24)13-20(19)27-4/h6-13,16H,5,14H2,1-4H3/t16-/m1/s1. The molecule has 0 unspecified atom stereocenters. The fourth-order valence-corrected chi connectivity index (χ4v) is 2.72. The zero-order valence-corrected chi connectivity index (χ0v) is 17.0. The molecule has 0 spiro atoms. The predicted molar refractivity (Wildman–Crippen MR) is 109 cm³/mol. The van der Waals surface area contributed by atoms with Crippen LogP contribution in [0, 0.1) is 0 Å². The van der Waals surface area contributed by atoms with Crippen molar-refractivity contribution in [3.63, 3.8) is 0 Å². The molecule has 0 bridgehead atoms. The Labute approximate surface area is 170 Å². The number of Topliss-reactive ketones (excluding diaryl/α,β-unsaturated/α-hetero) is 1. The van der Waals surface area contributed by atoms with Crippen molar-refractivity contribution in [2.75, 3.05) is 25.2 Å². The van der Waals surface area contributed by atoms with E-state index in [1.165, 1.54) is 27.0 Å². The normalized spacial score (nSPS) is 11.3. The Bertz CT molecular complexity index is 865. The molecule has 7 nitrogen and oxygen atoms in total. The summed E-state index contributed by atoms with van der Waals surface area (Å²) in [6.45, 7) is 4.86. The van der Waals surface area contributed by atoms with Crippen LogP contribution in [-0.4, -0.2) is 44.0 Å². The van der Waals surface area contributed by atoms with Gasteiger partial charge in [-0.25, -0.2) is 4.79 Å². The smallest absolute Gasteiger partial charge is 0.344 e. The highest BCUT2D eigenvalue weighted by Crippen LogP contribution is 2.28. The van der Waals surface area contributed by atoms with E-state index in [-0.39, 0.29) is 11.7 Å². The lowest BCUT2D eigenvalue weighted by molar-refractivity contribution is -0.155. The van der Waals surface area contributed by atoms with E-state index in [2.05, 4.69) is 0 Å². The van der Waals surface area contributed by atoms with E-state index in [0.29, 0.717) is 23.6 Å². The van der Waals surface area contributed by atoms with Gasteiger partial charge in [0.2, 0.25) is 0 Å². The molecule has 1 atom stereocenters. The summed E-state index contributed by atoms with van der Waals surface area (Å²) in [5.41, 5.74) is 1.20. The van der Waals surface area contributed by atoms with Crippen molar-refractivity contribution >= 4 is 23.3 Å². The summed E-state index contributed by atoms with van der Waals surface area (Å²) >= 11 is 0. The number of methoxy groups -OCH3 is 1. The minimum Gasteiger partial charge on any atom is -0.493 e. The summed E-state index contributed by atoms with van der Waals surface area (Å²) in [5, 5.41) is 0. The van der Waals surface area contributed by atoms with Crippen molar-refractivity contribution in [3.8, 4) is 11.5 Å². The molecule has 0 aromatic heterocycles. The SMILES string of the molecule is CCN(C(=O)[C@@H](C)OC(=O)COc1ccc(C(C)=O)cc1OC)c1ccccc1. The third kappa shape index (κ3) is 5.81. The Balaban J connectivity index is 1.96. The van der Waals surface area contributed by atoms with Crippen LogP contribution >= 0.6 is 0 Å². The molecular formula is C22H25NO6. The van der Waals surface area contributed by atoms with Gasteiger partial charge in [0.25, 0.3) is 5.91 Å². The molecule has 0 saturated heterocycles. The van der Waals surface area contributed by atoms with Crippen molar-refractivity contribution in [1.82, 2.24) is 0 Å². The van der Waals surface area contributed by atoms with Crippen LogP contribution in [0.5, 0.6) is 11.5 Å². The number of ether oxygens (including phenoxy) is 3. The van der Waals surface area contributed by atoms with Crippen molar-refractivity contribution in [3.05, 3.63) is 54.1 Å². The predicted octanol–water partition coefficient (Wildman–Crippen LogP) is 3.26. The monoisotopic (exact) mass is 399 g/mol. The Kier molecular flexibility index (Phi) is 7.77. The number of nitrogens with zero attached hydrogens (tertiary/aromatic N) is 1. The molecule has 0 aliphatic heterocycles. The van der Waals surface area contributed by atoms with Crippen LogP contribution in [0.25, 0.3) is 0 Å². The highest BCUT2D eigenvalue weighted by Gasteiger charge is 2.24. The zero-order chi connectivity index (χ0) is 21.4. The van der Waals surface area contributed by atoms with E-state index in [0.717, 1.165) is 5.69 Å². The van der Waals surface area contributed by atoms with Crippen LogP contribution in [0.15, 0.2) is 48.5 Å². The largest absolute Gasteiger partial charge is 0.493 e. The molecule has 0 N–H and O–H groups in total. The Morgan fingerprint density at radius 2 is 1.72 bits per heavy atom. The molecule has 0 fully saturated rings. The van der Waals surface area contributed by atoms with Crippen LogP contribution < -0.4 is 14.4 Å². The van der Waals surface area contributed by atoms with Gasteiger partial charge in [0.05, 0.1) is 7.11 Å². The second kappa shape index (κ2) is 10.3. The molecule has 2 rings (SSSR count). The summed E-state index contributed by atoms with van der Waals surface area (Å²) in [5.74, 6) is -0.493. The summed E-state index contributed by atoms with van der Waals surface area (Å²) in [6, 6.07) is 13.8. The minimum absolute atomic E-state index is 0.111. The average molecular weight is 399 g/mol. The van der Waals surface area contributed by atoms with Gasteiger partial charge in [-0.1, -0.05) is 18.2 Å². The molecule has 0 heterocycles. The van der Waals surface area contributed by atoms with Gasteiger partial charge in [-0.05, 0) is 51.1 Å². The van der Waals surface area contributed by atoms with Crippen molar-refractivity contribution in [1.29, 1.82) is 0 Å². The fourth-order valence-electron chi connectivity index (χ4n) is 2.72. The lowest BCUT2D eigenvalue weighted by atomic mass is 10.1. The van der Waals surface area contributed by atoms with Crippen molar-refractivity contribution < 1.29 is 28.6 Å². The molecule has 2 aromatic rings. The number of hydrogen-bond donors (Lipinski definition) is 0. The number of ketones is 1. The van der Waals surface area contributed by atoms with Crippen LogP contribution in [0.4, 0.5) is 5.69 Å². The van der Waals surface area contributed by atoms with Gasteiger partial charge in [0, 0.05) is 17.8 Å². The number of para-hydroxylation sites is 1. The zero-order valence-electron chi connectivity index (χ0n) is 17.0. The minimum atomic E-state index is -0.965. The van der Waals surface area contributed by atoms with Crippen LogP contribution in [0.1, 0.15) is 31.1 Å². The van der Waals surface area contributed by atoms with Gasteiger partial charge in [-0.15, -0.1) is 0 Å². The molecule has 0 aliphatic rings. The third-order valence-electron chi connectivity index (χ3n) is 4.22. The number of rotatable bonds is 9. The van der Waals surface area contributed by atoms with Gasteiger partial charge in [-0.3, -0.25) is 9.59 Å². The van der Waals surface area contributed by atoms with Crippen LogP contribution in [-0.2, 0) is 14.3 Å². The maximum Gasteiger partial charge on any atom is 0.344 e. The number of carbonyl (C=O) groups is 3. The molecule has 2 aromatic carbocycles. The molecule has 1 amide bonds. The summed E-state index contributed by atoms with van der Waals surface area (Å²) in [4.78, 5) is 37.8. The van der Waals surface area contributed by atoms with E-state index < -0.39 is 18.7 Å².